The van der Waals surface area contributed by atoms with Crippen LogP contribution in [0.4, 0.5) is 13.2 Å². The molecule has 4 aliphatic rings. The van der Waals surface area contributed by atoms with Gasteiger partial charge in [0.1, 0.15) is 0 Å². The highest BCUT2D eigenvalue weighted by molar-refractivity contribution is 5.25. The number of ether oxygens (including phenoxy) is 1. The quantitative estimate of drug-likeness (QED) is 0.918. The fraction of sp³-hybridized carbons (Fsp3) is 0.833. The fourth-order valence-corrected chi connectivity index (χ4v) is 3.84. The number of halogens is 3. The molecule has 4 aliphatic carbocycles. The summed E-state index contributed by atoms with van der Waals surface area (Å²) in [6.45, 7) is 0. The first kappa shape index (κ1) is 12.6. The van der Waals surface area contributed by atoms with Crippen LogP contribution in [0.25, 0.3) is 0 Å². The third kappa shape index (κ3) is 1.77. The van der Waals surface area contributed by atoms with Crippen LogP contribution >= 0.6 is 0 Å². The maximum absolute atomic E-state index is 12.0. The van der Waals surface area contributed by atoms with Crippen LogP contribution in [0.15, 0.2) is 6.20 Å². The van der Waals surface area contributed by atoms with Gasteiger partial charge in [-0.15, -0.1) is 18.3 Å². The lowest BCUT2D eigenvalue weighted by molar-refractivity contribution is -0.351. The molecule has 0 aliphatic heterocycles. The Kier molecular flexibility index (Phi) is 2.23. The Balaban J connectivity index is 1.37. The lowest BCUT2D eigenvalue weighted by Crippen LogP contribution is -2.76. The molecule has 2 N–H and O–H groups in total. The minimum absolute atomic E-state index is 0.00573. The summed E-state index contributed by atoms with van der Waals surface area (Å²) in [5, 5.41) is 8.23. The maximum atomic E-state index is 12.0. The number of hydrogen-bond donors (Lipinski definition) is 1. The summed E-state index contributed by atoms with van der Waals surface area (Å²) in [4.78, 5) is 0. The highest BCUT2D eigenvalue weighted by atomic mass is 19.4. The van der Waals surface area contributed by atoms with Crippen molar-refractivity contribution in [2.24, 2.45) is 5.73 Å². The largest absolute Gasteiger partial charge is 0.522 e. The van der Waals surface area contributed by atoms with Crippen molar-refractivity contribution in [3.63, 3.8) is 0 Å². The van der Waals surface area contributed by atoms with Gasteiger partial charge in [-0.2, -0.15) is 0 Å². The second-order valence-corrected chi connectivity index (χ2v) is 6.56. The van der Waals surface area contributed by atoms with Crippen molar-refractivity contribution in [1.29, 1.82) is 0 Å². The zero-order valence-corrected chi connectivity index (χ0v) is 10.7. The molecular formula is C12H15F3N4O. The highest BCUT2D eigenvalue weighted by Crippen LogP contribution is 2.63. The predicted molar refractivity (Wildman–Crippen MR) is 61.7 cm³/mol. The van der Waals surface area contributed by atoms with Crippen LogP contribution in [0.3, 0.4) is 0 Å². The second-order valence-electron chi connectivity index (χ2n) is 6.56. The number of aromatic nitrogens is 3. The molecule has 0 saturated heterocycles. The van der Waals surface area contributed by atoms with E-state index < -0.39 is 12.5 Å². The van der Waals surface area contributed by atoms with Crippen LogP contribution in [0, 0.1) is 0 Å². The summed E-state index contributed by atoms with van der Waals surface area (Å²) >= 11 is 0. The molecule has 110 valence electrons. The zero-order valence-electron chi connectivity index (χ0n) is 10.7. The van der Waals surface area contributed by atoms with Gasteiger partial charge in [0, 0.05) is 17.7 Å². The van der Waals surface area contributed by atoms with E-state index in [-0.39, 0.29) is 17.0 Å². The minimum atomic E-state index is -4.55. The predicted octanol–water partition coefficient (Wildman–Crippen LogP) is 1.65. The molecule has 0 aromatic carbocycles. The maximum Gasteiger partial charge on any atom is 0.522 e. The number of nitrogens with two attached hydrogens (primary N) is 1. The Bertz CT molecular complexity index is 529. The fourth-order valence-electron chi connectivity index (χ4n) is 3.84. The summed E-state index contributed by atoms with van der Waals surface area (Å²) in [7, 11) is 0. The monoisotopic (exact) mass is 288 g/mol. The van der Waals surface area contributed by atoms with Crippen LogP contribution in [0.5, 0.6) is 0 Å². The lowest BCUT2D eigenvalue weighted by Gasteiger charge is -2.68. The van der Waals surface area contributed by atoms with Crippen molar-refractivity contribution in [3.05, 3.63) is 11.9 Å². The van der Waals surface area contributed by atoms with Gasteiger partial charge in [0.05, 0.1) is 17.3 Å². The molecule has 8 heteroatoms. The molecule has 5 nitrogen and oxygen atoms in total. The van der Waals surface area contributed by atoms with Crippen LogP contribution < -0.4 is 5.73 Å². The molecule has 4 saturated carbocycles. The van der Waals surface area contributed by atoms with E-state index in [1.54, 1.807) is 0 Å². The summed E-state index contributed by atoms with van der Waals surface area (Å²) < 4.78 is 42.0. The van der Waals surface area contributed by atoms with Crippen LogP contribution in [-0.2, 0) is 10.3 Å². The molecule has 0 atom stereocenters. The molecule has 20 heavy (non-hydrogen) atoms. The van der Waals surface area contributed by atoms with Crippen LogP contribution in [-0.4, -0.2) is 33.0 Å². The first-order valence-corrected chi connectivity index (χ1v) is 6.73. The number of nitrogens with zero attached hydrogens (tertiary/aromatic N) is 3. The van der Waals surface area contributed by atoms with Gasteiger partial charge in [0.2, 0.25) is 0 Å². The Labute approximate surface area is 113 Å². The van der Waals surface area contributed by atoms with Crippen molar-refractivity contribution in [1.82, 2.24) is 15.0 Å². The molecule has 1 aromatic rings. The molecule has 2 bridgehead atoms. The number of rotatable bonds is 3. The van der Waals surface area contributed by atoms with Gasteiger partial charge in [0.15, 0.2) is 0 Å². The third-order valence-electron chi connectivity index (χ3n) is 4.85. The van der Waals surface area contributed by atoms with E-state index in [1.807, 2.05) is 10.9 Å². The van der Waals surface area contributed by atoms with Gasteiger partial charge < -0.3 is 5.73 Å². The molecular weight excluding hydrogens is 273 g/mol. The van der Waals surface area contributed by atoms with E-state index in [9.17, 15) is 13.2 Å². The Morgan fingerprint density at radius 3 is 2.50 bits per heavy atom. The van der Waals surface area contributed by atoms with Gasteiger partial charge in [0.25, 0.3) is 0 Å². The first-order chi connectivity index (χ1) is 9.27. The SMILES string of the molecule is NC12CC(n3cc(C4CC(OC(F)(F)F)C4)nn3)(C1)C2. The van der Waals surface area contributed by atoms with Crippen molar-refractivity contribution in [2.75, 3.05) is 0 Å². The van der Waals surface area contributed by atoms with E-state index in [4.69, 9.17) is 5.73 Å². The third-order valence-corrected chi connectivity index (χ3v) is 4.85. The van der Waals surface area contributed by atoms with E-state index in [1.165, 1.54) is 0 Å². The molecule has 5 rings (SSSR count). The van der Waals surface area contributed by atoms with Crippen molar-refractivity contribution in [2.45, 2.75) is 61.6 Å². The molecule has 0 unspecified atom stereocenters. The second kappa shape index (κ2) is 3.54. The van der Waals surface area contributed by atoms with Crippen molar-refractivity contribution >= 4 is 0 Å². The number of hydrogen-bond acceptors (Lipinski definition) is 4. The molecule has 1 heterocycles. The van der Waals surface area contributed by atoms with E-state index in [2.05, 4.69) is 15.0 Å². The van der Waals surface area contributed by atoms with E-state index >= 15 is 0 Å². The normalized spacial score (nSPS) is 42.6. The van der Waals surface area contributed by atoms with Crippen LogP contribution in [0.2, 0.25) is 0 Å². The van der Waals surface area contributed by atoms with Gasteiger partial charge in [-0.3, -0.25) is 4.74 Å². The minimum Gasteiger partial charge on any atom is -0.325 e. The van der Waals surface area contributed by atoms with Gasteiger partial charge >= 0.3 is 6.36 Å². The summed E-state index contributed by atoms with van der Waals surface area (Å²) in [5.74, 6) is 0.0234. The topological polar surface area (TPSA) is 66.0 Å². The van der Waals surface area contributed by atoms with E-state index in [0.717, 1.165) is 25.0 Å². The Morgan fingerprint density at radius 1 is 1.30 bits per heavy atom. The molecule has 0 spiro atoms. The summed E-state index contributed by atoms with van der Waals surface area (Å²) in [6.07, 6.45) is 0.0561. The number of alkyl halides is 3. The molecule has 1 aromatic heterocycles. The van der Waals surface area contributed by atoms with Gasteiger partial charge in [-0.25, -0.2) is 4.68 Å². The van der Waals surface area contributed by atoms with Crippen LogP contribution in [0.1, 0.15) is 43.7 Å². The lowest BCUT2D eigenvalue weighted by atomic mass is 9.44. The van der Waals surface area contributed by atoms with Gasteiger partial charge in [-0.05, 0) is 32.1 Å². The highest BCUT2D eigenvalue weighted by Gasteiger charge is 2.68. The smallest absolute Gasteiger partial charge is 0.325 e. The molecule has 4 fully saturated rings. The van der Waals surface area contributed by atoms with E-state index in [0.29, 0.717) is 12.8 Å². The van der Waals surface area contributed by atoms with Crippen molar-refractivity contribution in [3.8, 4) is 0 Å². The summed E-state index contributed by atoms with van der Waals surface area (Å²) in [6, 6.07) is 0. The Hall–Kier alpha value is -1.15. The van der Waals surface area contributed by atoms with Crippen molar-refractivity contribution < 1.29 is 17.9 Å². The average molecular weight is 288 g/mol. The molecule has 0 radical (unpaired) electrons. The standard InChI is InChI=1S/C12H15F3N4O/c13-12(14,15)20-8-1-7(2-8)9-3-19(18-17-9)11-4-10(16,5-11)6-11/h3,7-8H,1-2,4-6,16H2. The first-order valence-electron chi connectivity index (χ1n) is 6.73. The molecule has 0 amide bonds. The Morgan fingerprint density at radius 2 is 1.95 bits per heavy atom. The zero-order chi connectivity index (χ0) is 14.2. The van der Waals surface area contributed by atoms with Gasteiger partial charge in [-0.1, -0.05) is 5.21 Å². The summed E-state index contributed by atoms with van der Waals surface area (Å²) in [5.41, 5.74) is 6.80. The average Bonchev–Trinajstić information content (AvgIpc) is 2.64.